The first-order chi connectivity index (χ1) is 12.7. The number of unbranched alkanes of at least 4 members (excludes halogenated alkanes) is 10. The third-order valence-corrected chi connectivity index (χ3v) is 5.10. The number of carbonyl (C=O) groups is 1. The summed E-state index contributed by atoms with van der Waals surface area (Å²) >= 11 is 0. The fraction of sp³-hybridized carbons (Fsp3) is 0.792. The lowest BCUT2D eigenvalue weighted by Gasteiger charge is -2.16. The van der Waals surface area contributed by atoms with E-state index in [4.69, 9.17) is 4.74 Å². The molecule has 2 heteroatoms. The standard InChI is InChI=1S/C24H44O2/c1-4-7-9-11-13-15-17-19-23(21-22-24(25)26-6-3)20-18-16-14-12-10-8-5-2/h4-5,23H,1-2,6-22H2,3H3. The molecule has 0 aliphatic rings. The highest BCUT2D eigenvalue weighted by molar-refractivity contribution is 5.69. The van der Waals surface area contributed by atoms with Crippen molar-refractivity contribution in [1.82, 2.24) is 0 Å². The Kier molecular flexibility index (Phi) is 19.4. The minimum Gasteiger partial charge on any atom is -0.466 e. The van der Waals surface area contributed by atoms with E-state index in [1.54, 1.807) is 0 Å². The zero-order valence-corrected chi connectivity index (χ0v) is 17.5. The van der Waals surface area contributed by atoms with Crippen molar-refractivity contribution in [1.29, 1.82) is 0 Å². The first kappa shape index (κ1) is 24.9. The Balaban J connectivity index is 3.91. The maximum atomic E-state index is 11.7. The fourth-order valence-corrected chi connectivity index (χ4v) is 3.49. The van der Waals surface area contributed by atoms with Crippen LogP contribution in [0.15, 0.2) is 25.3 Å². The highest BCUT2D eigenvalue weighted by Crippen LogP contribution is 2.23. The maximum absolute atomic E-state index is 11.7. The summed E-state index contributed by atoms with van der Waals surface area (Å²) in [6, 6.07) is 0. The van der Waals surface area contributed by atoms with Crippen molar-refractivity contribution in [3.63, 3.8) is 0 Å². The molecule has 2 nitrogen and oxygen atoms in total. The summed E-state index contributed by atoms with van der Waals surface area (Å²) < 4.78 is 5.10. The number of esters is 1. The first-order valence-corrected chi connectivity index (χ1v) is 11.1. The molecule has 0 spiro atoms. The number of carbonyl (C=O) groups excluding carboxylic acids is 1. The Bertz CT molecular complexity index is 313. The van der Waals surface area contributed by atoms with Gasteiger partial charge in [-0.25, -0.2) is 0 Å². The van der Waals surface area contributed by atoms with E-state index in [0.29, 0.717) is 18.9 Å². The largest absolute Gasteiger partial charge is 0.466 e. The van der Waals surface area contributed by atoms with Gasteiger partial charge in [-0.3, -0.25) is 4.79 Å². The molecule has 0 saturated carbocycles. The minimum atomic E-state index is -0.0219. The van der Waals surface area contributed by atoms with Gasteiger partial charge < -0.3 is 4.74 Å². The zero-order chi connectivity index (χ0) is 19.3. The van der Waals surface area contributed by atoms with Crippen molar-refractivity contribution in [3.8, 4) is 0 Å². The SMILES string of the molecule is C=CCCCCCCCC(CCCCCCCC=C)CCC(=O)OCC. The minimum absolute atomic E-state index is 0.0219. The summed E-state index contributed by atoms with van der Waals surface area (Å²) in [5.41, 5.74) is 0. The molecule has 26 heavy (non-hydrogen) atoms. The molecule has 0 aromatic heterocycles. The van der Waals surface area contributed by atoms with E-state index < -0.39 is 0 Å². The molecular formula is C24H44O2. The Morgan fingerprint density at radius 3 is 1.69 bits per heavy atom. The average molecular weight is 365 g/mol. The molecule has 0 fully saturated rings. The molecule has 152 valence electrons. The van der Waals surface area contributed by atoms with E-state index in [1.807, 2.05) is 19.1 Å². The normalized spacial score (nSPS) is 10.8. The molecule has 0 bridgehead atoms. The van der Waals surface area contributed by atoms with Gasteiger partial charge in [-0.05, 0) is 44.9 Å². The predicted octanol–water partition coefficient (Wildman–Crippen LogP) is 7.78. The van der Waals surface area contributed by atoms with Crippen molar-refractivity contribution in [2.75, 3.05) is 6.61 Å². The van der Waals surface area contributed by atoms with Crippen LogP contribution in [0.2, 0.25) is 0 Å². The predicted molar refractivity (Wildman–Crippen MR) is 114 cm³/mol. The highest BCUT2D eigenvalue weighted by Gasteiger charge is 2.12. The molecule has 0 aromatic rings. The van der Waals surface area contributed by atoms with E-state index in [-0.39, 0.29) is 5.97 Å². The van der Waals surface area contributed by atoms with Gasteiger partial charge in [-0.1, -0.05) is 76.4 Å². The molecule has 0 N–H and O–H groups in total. The van der Waals surface area contributed by atoms with Crippen molar-refractivity contribution in [3.05, 3.63) is 25.3 Å². The third kappa shape index (κ3) is 17.8. The summed E-state index contributed by atoms with van der Waals surface area (Å²) in [5.74, 6) is 0.673. The molecule has 0 saturated heterocycles. The second-order valence-corrected chi connectivity index (χ2v) is 7.48. The van der Waals surface area contributed by atoms with Crippen molar-refractivity contribution in [2.45, 2.75) is 110 Å². The molecule has 0 atom stereocenters. The highest BCUT2D eigenvalue weighted by atomic mass is 16.5. The average Bonchev–Trinajstić information content (AvgIpc) is 2.64. The summed E-state index contributed by atoms with van der Waals surface area (Å²) in [6.07, 6.45) is 23.6. The Labute approximate surface area is 163 Å². The van der Waals surface area contributed by atoms with Gasteiger partial charge in [-0.2, -0.15) is 0 Å². The van der Waals surface area contributed by atoms with Gasteiger partial charge in [0.05, 0.1) is 6.61 Å². The molecule has 0 aromatic carbocycles. The molecule has 0 heterocycles. The van der Waals surface area contributed by atoms with Crippen LogP contribution in [0, 0.1) is 5.92 Å². The molecule has 0 radical (unpaired) electrons. The molecule has 0 aliphatic carbocycles. The summed E-state index contributed by atoms with van der Waals surface area (Å²) in [5, 5.41) is 0. The quantitative estimate of drug-likeness (QED) is 0.125. The Morgan fingerprint density at radius 1 is 0.769 bits per heavy atom. The summed E-state index contributed by atoms with van der Waals surface area (Å²) in [6.45, 7) is 9.94. The van der Waals surface area contributed by atoms with Crippen LogP contribution in [0.3, 0.4) is 0 Å². The fourth-order valence-electron chi connectivity index (χ4n) is 3.49. The van der Waals surface area contributed by atoms with Crippen LogP contribution in [0.1, 0.15) is 110 Å². The maximum Gasteiger partial charge on any atom is 0.305 e. The van der Waals surface area contributed by atoms with E-state index in [1.165, 1.54) is 77.0 Å². The van der Waals surface area contributed by atoms with Crippen LogP contribution in [0.25, 0.3) is 0 Å². The topological polar surface area (TPSA) is 26.3 Å². The van der Waals surface area contributed by atoms with Crippen LogP contribution in [0.4, 0.5) is 0 Å². The molecule has 0 unspecified atom stereocenters. The van der Waals surface area contributed by atoms with Gasteiger partial charge in [0.15, 0.2) is 0 Å². The van der Waals surface area contributed by atoms with E-state index in [9.17, 15) is 4.79 Å². The second-order valence-electron chi connectivity index (χ2n) is 7.48. The lowest BCUT2D eigenvalue weighted by atomic mass is 9.90. The van der Waals surface area contributed by atoms with Crippen LogP contribution >= 0.6 is 0 Å². The lowest BCUT2D eigenvalue weighted by Crippen LogP contribution is -2.08. The third-order valence-electron chi connectivity index (χ3n) is 5.10. The van der Waals surface area contributed by atoms with Crippen molar-refractivity contribution < 1.29 is 9.53 Å². The summed E-state index contributed by atoms with van der Waals surface area (Å²) in [7, 11) is 0. The van der Waals surface area contributed by atoms with Crippen LogP contribution in [0.5, 0.6) is 0 Å². The van der Waals surface area contributed by atoms with Gasteiger partial charge >= 0.3 is 5.97 Å². The smallest absolute Gasteiger partial charge is 0.305 e. The van der Waals surface area contributed by atoms with Crippen LogP contribution < -0.4 is 0 Å². The number of hydrogen-bond acceptors (Lipinski definition) is 2. The summed E-state index contributed by atoms with van der Waals surface area (Å²) in [4.78, 5) is 11.7. The van der Waals surface area contributed by atoms with Gasteiger partial charge in [0.2, 0.25) is 0 Å². The lowest BCUT2D eigenvalue weighted by molar-refractivity contribution is -0.143. The number of hydrogen-bond donors (Lipinski definition) is 0. The molecule has 0 amide bonds. The van der Waals surface area contributed by atoms with E-state index in [0.717, 1.165) is 19.3 Å². The van der Waals surface area contributed by atoms with E-state index >= 15 is 0 Å². The number of rotatable bonds is 20. The molecule has 0 aliphatic heterocycles. The van der Waals surface area contributed by atoms with E-state index in [2.05, 4.69) is 13.2 Å². The van der Waals surface area contributed by atoms with Crippen molar-refractivity contribution in [2.24, 2.45) is 5.92 Å². The Hall–Kier alpha value is -1.05. The van der Waals surface area contributed by atoms with Gasteiger partial charge in [0.1, 0.15) is 0 Å². The number of ether oxygens (including phenoxy) is 1. The van der Waals surface area contributed by atoms with Crippen LogP contribution in [-0.4, -0.2) is 12.6 Å². The first-order valence-electron chi connectivity index (χ1n) is 11.1. The second kappa shape index (κ2) is 20.3. The van der Waals surface area contributed by atoms with Gasteiger partial charge in [-0.15, -0.1) is 13.2 Å². The van der Waals surface area contributed by atoms with Gasteiger partial charge in [0.25, 0.3) is 0 Å². The van der Waals surface area contributed by atoms with Crippen LogP contribution in [-0.2, 0) is 9.53 Å². The molecular weight excluding hydrogens is 320 g/mol. The van der Waals surface area contributed by atoms with Gasteiger partial charge in [0, 0.05) is 6.42 Å². The zero-order valence-electron chi connectivity index (χ0n) is 17.5. The number of allylic oxidation sites excluding steroid dienone is 2. The van der Waals surface area contributed by atoms with Crippen molar-refractivity contribution >= 4 is 5.97 Å². The Morgan fingerprint density at radius 2 is 1.23 bits per heavy atom. The monoisotopic (exact) mass is 364 g/mol. The molecule has 0 rings (SSSR count).